The fourth-order valence-corrected chi connectivity index (χ4v) is 3.68. The van der Waals surface area contributed by atoms with Crippen LogP contribution in [-0.2, 0) is 11.2 Å². The van der Waals surface area contributed by atoms with Gasteiger partial charge in [-0.3, -0.25) is 4.99 Å². The highest BCUT2D eigenvalue weighted by atomic mass is 35.5. The summed E-state index contributed by atoms with van der Waals surface area (Å²) in [4.78, 5) is 16.3. The highest BCUT2D eigenvalue weighted by Gasteiger charge is 2.25. The molecule has 1 fully saturated rings. The van der Waals surface area contributed by atoms with Crippen LogP contribution < -0.4 is 20.7 Å². The molecule has 7 nitrogen and oxygen atoms in total. The van der Waals surface area contributed by atoms with E-state index in [1.165, 1.54) is 0 Å². The topological polar surface area (TPSA) is 84.0 Å². The average Bonchev–Trinajstić information content (AvgIpc) is 2.68. The second-order valence-electron chi connectivity index (χ2n) is 8.55. The normalized spacial score (nSPS) is 19.7. The summed E-state index contributed by atoms with van der Waals surface area (Å²) in [6.45, 7) is 6.33. The molecule has 0 radical (unpaired) electrons. The van der Waals surface area contributed by atoms with E-state index in [0.717, 1.165) is 55.9 Å². The van der Waals surface area contributed by atoms with Crippen LogP contribution in [0.5, 0.6) is 5.75 Å². The zero-order valence-electron chi connectivity index (χ0n) is 18.7. The summed E-state index contributed by atoms with van der Waals surface area (Å²) in [5.74, 6) is 1.54. The van der Waals surface area contributed by atoms with Crippen molar-refractivity contribution in [2.45, 2.75) is 70.6 Å². The van der Waals surface area contributed by atoms with Gasteiger partial charge in [0.25, 0.3) is 0 Å². The largest absolute Gasteiger partial charge is 0.497 e. The Morgan fingerprint density at radius 3 is 2.33 bits per heavy atom. The molecule has 2 rings (SSSR count). The van der Waals surface area contributed by atoms with Crippen molar-refractivity contribution in [3.63, 3.8) is 0 Å². The van der Waals surface area contributed by atoms with Crippen molar-refractivity contribution < 1.29 is 14.3 Å². The van der Waals surface area contributed by atoms with E-state index in [4.69, 9.17) is 21.1 Å². The SMILES string of the molecule is CN=C(NCCc1ccc(OC)cc1Cl)NC1CCC(NC(=O)OC(C)(C)C)CC1. The quantitative estimate of drug-likeness (QED) is 0.463. The minimum absolute atomic E-state index is 0.157. The van der Waals surface area contributed by atoms with Crippen LogP contribution in [0, 0.1) is 0 Å². The Balaban J connectivity index is 1.71. The number of carbonyl (C=O) groups is 1. The number of ether oxygens (including phenoxy) is 2. The van der Waals surface area contributed by atoms with Crippen molar-refractivity contribution >= 4 is 23.7 Å². The van der Waals surface area contributed by atoms with E-state index in [2.05, 4.69) is 20.9 Å². The number of methoxy groups -OCH3 is 1. The average molecular weight is 439 g/mol. The molecule has 1 aromatic carbocycles. The first-order valence-corrected chi connectivity index (χ1v) is 10.9. The summed E-state index contributed by atoms with van der Waals surface area (Å²) in [6, 6.07) is 6.21. The number of rotatable bonds is 6. The number of hydrogen-bond acceptors (Lipinski definition) is 4. The van der Waals surface area contributed by atoms with Crippen LogP contribution >= 0.6 is 11.6 Å². The Morgan fingerprint density at radius 2 is 1.80 bits per heavy atom. The summed E-state index contributed by atoms with van der Waals surface area (Å²) in [6.07, 6.45) is 4.20. The molecule has 30 heavy (non-hydrogen) atoms. The molecule has 0 bridgehead atoms. The number of benzene rings is 1. The molecule has 1 aliphatic carbocycles. The molecule has 0 aliphatic heterocycles. The summed E-state index contributed by atoms with van der Waals surface area (Å²) >= 11 is 6.31. The third kappa shape index (κ3) is 8.30. The van der Waals surface area contributed by atoms with Crippen LogP contribution in [0.4, 0.5) is 4.79 Å². The number of hydrogen-bond donors (Lipinski definition) is 3. The molecular weight excluding hydrogens is 404 g/mol. The van der Waals surface area contributed by atoms with Crippen LogP contribution in [0.3, 0.4) is 0 Å². The molecule has 0 heterocycles. The molecule has 0 atom stereocenters. The van der Waals surface area contributed by atoms with E-state index in [1.54, 1.807) is 14.2 Å². The van der Waals surface area contributed by atoms with Gasteiger partial charge in [-0.25, -0.2) is 4.79 Å². The van der Waals surface area contributed by atoms with Crippen molar-refractivity contribution in [1.29, 1.82) is 0 Å². The number of alkyl carbamates (subject to hydrolysis) is 1. The number of amides is 1. The van der Waals surface area contributed by atoms with Crippen LogP contribution in [0.2, 0.25) is 5.02 Å². The Morgan fingerprint density at radius 1 is 1.17 bits per heavy atom. The molecule has 0 saturated heterocycles. The van der Waals surface area contributed by atoms with Gasteiger partial charge in [0.1, 0.15) is 11.4 Å². The molecule has 1 aliphatic rings. The van der Waals surface area contributed by atoms with E-state index in [9.17, 15) is 4.79 Å². The van der Waals surface area contributed by atoms with Gasteiger partial charge in [0.05, 0.1) is 7.11 Å². The molecule has 1 aromatic rings. The predicted molar refractivity (Wildman–Crippen MR) is 122 cm³/mol. The van der Waals surface area contributed by atoms with Crippen LogP contribution in [-0.4, -0.2) is 50.4 Å². The molecule has 0 unspecified atom stereocenters. The molecule has 168 valence electrons. The maximum atomic E-state index is 11.9. The summed E-state index contributed by atoms with van der Waals surface area (Å²) in [5.41, 5.74) is 0.589. The maximum Gasteiger partial charge on any atom is 0.407 e. The van der Waals surface area contributed by atoms with Crippen molar-refractivity contribution in [1.82, 2.24) is 16.0 Å². The van der Waals surface area contributed by atoms with Gasteiger partial charge < -0.3 is 25.4 Å². The number of nitrogens with one attached hydrogen (secondary N) is 3. The first-order chi connectivity index (χ1) is 14.2. The lowest BCUT2D eigenvalue weighted by atomic mass is 9.91. The van der Waals surface area contributed by atoms with Gasteiger partial charge in [-0.05, 0) is 70.6 Å². The molecule has 3 N–H and O–H groups in total. The molecule has 1 saturated carbocycles. The second kappa shape index (κ2) is 11.3. The van der Waals surface area contributed by atoms with Gasteiger partial charge in [0.15, 0.2) is 5.96 Å². The number of nitrogens with zero attached hydrogens (tertiary/aromatic N) is 1. The van der Waals surface area contributed by atoms with Crippen molar-refractivity contribution in [3.05, 3.63) is 28.8 Å². The van der Waals surface area contributed by atoms with Gasteiger partial charge >= 0.3 is 6.09 Å². The first-order valence-electron chi connectivity index (χ1n) is 10.5. The standard InChI is InChI=1S/C22H35ClN4O3/c1-22(2,3)30-21(28)27-17-9-7-16(8-10-17)26-20(24-4)25-13-12-15-6-11-18(29-5)14-19(15)23/h6,11,14,16-17H,7-10,12-13H2,1-5H3,(H,27,28)(H2,24,25,26). The van der Waals surface area contributed by atoms with E-state index in [-0.39, 0.29) is 12.1 Å². The van der Waals surface area contributed by atoms with E-state index >= 15 is 0 Å². The molecular formula is C22H35ClN4O3. The third-order valence-electron chi connectivity index (χ3n) is 4.96. The van der Waals surface area contributed by atoms with Gasteiger partial charge in [-0.15, -0.1) is 0 Å². The predicted octanol–water partition coefficient (Wildman–Crippen LogP) is 3.89. The molecule has 1 amide bonds. The van der Waals surface area contributed by atoms with Crippen molar-refractivity contribution in [2.75, 3.05) is 20.7 Å². The van der Waals surface area contributed by atoms with Crippen LogP contribution in [0.25, 0.3) is 0 Å². The molecule has 8 heteroatoms. The number of guanidine groups is 1. The molecule has 0 spiro atoms. The fourth-order valence-electron chi connectivity index (χ4n) is 3.42. The zero-order chi connectivity index (χ0) is 22.1. The fraction of sp³-hybridized carbons (Fsp3) is 0.636. The summed E-state index contributed by atoms with van der Waals surface area (Å²) in [7, 11) is 3.40. The minimum Gasteiger partial charge on any atom is -0.497 e. The lowest BCUT2D eigenvalue weighted by Crippen LogP contribution is -2.48. The van der Waals surface area contributed by atoms with Crippen molar-refractivity contribution in [3.8, 4) is 5.75 Å². The summed E-state index contributed by atoms with van der Waals surface area (Å²) < 4.78 is 10.5. The Labute approximate surface area is 185 Å². The zero-order valence-corrected chi connectivity index (χ0v) is 19.4. The van der Waals surface area contributed by atoms with Crippen LogP contribution in [0.15, 0.2) is 23.2 Å². The third-order valence-corrected chi connectivity index (χ3v) is 5.31. The van der Waals surface area contributed by atoms with Crippen LogP contribution in [0.1, 0.15) is 52.0 Å². The van der Waals surface area contributed by atoms with E-state index in [0.29, 0.717) is 11.1 Å². The number of carbonyl (C=O) groups excluding carboxylic acids is 1. The van der Waals surface area contributed by atoms with Gasteiger partial charge in [-0.1, -0.05) is 17.7 Å². The lowest BCUT2D eigenvalue weighted by molar-refractivity contribution is 0.0490. The monoisotopic (exact) mass is 438 g/mol. The highest BCUT2D eigenvalue weighted by molar-refractivity contribution is 6.31. The van der Waals surface area contributed by atoms with E-state index < -0.39 is 5.60 Å². The maximum absolute atomic E-state index is 11.9. The second-order valence-corrected chi connectivity index (χ2v) is 8.95. The highest BCUT2D eigenvalue weighted by Crippen LogP contribution is 2.22. The smallest absolute Gasteiger partial charge is 0.407 e. The first kappa shape index (κ1) is 24.1. The molecule has 0 aromatic heterocycles. The van der Waals surface area contributed by atoms with Gasteiger partial charge in [0, 0.05) is 30.7 Å². The number of halogens is 1. The van der Waals surface area contributed by atoms with Gasteiger partial charge in [-0.2, -0.15) is 0 Å². The number of aliphatic imine (C=N–C) groups is 1. The summed E-state index contributed by atoms with van der Waals surface area (Å²) in [5, 5.41) is 10.5. The Kier molecular flexibility index (Phi) is 9.08. The van der Waals surface area contributed by atoms with Gasteiger partial charge in [0.2, 0.25) is 0 Å². The van der Waals surface area contributed by atoms with Crippen molar-refractivity contribution in [2.24, 2.45) is 4.99 Å². The minimum atomic E-state index is -0.475. The Bertz CT molecular complexity index is 726. The Hall–Kier alpha value is -2.15. The van der Waals surface area contributed by atoms with E-state index in [1.807, 2.05) is 39.0 Å². The lowest BCUT2D eigenvalue weighted by Gasteiger charge is -2.31.